The molecule has 1 heterocycles. The maximum atomic E-state index is 11.4. The Bertz CT molecular complexity index is 220. The van der Waals surface area contributed by atoms with Crippen LogP contribution in [0.2, 0.25) is 0 Å². The molecule has 0 aromatic rings. The molecule has 3 unspecified atom stereocenters. The fourth-order valence-electron chi connectivity index (χ4n) is 2.06. The number of hydrogen-bond donors (Lipinski definition) is 1. The molecule has 94 valence electrons. The monoisotopic (exact) mass is 229 g/mol. The van der Waals surface area contributed by atoms with Crippen LogP contribution in [0, 0.1) is 5.92 Å². The Morgan fingerprint density at radius 1 is 1.56 bits per heavy atom. The van der Waals surface area contributed by atoms with Crippen molar-refractivity contribution < 1.29 is 14.3 Å². The van der Waals surface area contributed by atoms with Gasteiger partial charge in [0.1, 0.15) is 6.04 Å². The first-order chi connectivity index (χ1) is 7.69. The second kappa shape index (κ2) is 6.86. The molecule has 0 aliphatic carbocycles. The third-order valence-corrected chi connectivity index (χ3v) is 3.08. The van der Waals surface area contributed by atoms with Gasteiger partial charge in [-0.3, -0.25) is 4.79 Å². The van der Waals surface area contributed by atoms with Crippen LogP contribution < -0.4 is 5.32 Å². The Morgan fingerprint density at radius 2 is 2.31 bits per heavy atom. The van der Waals surface area contributed by atoms with Gasteiger partial charge >= 0.3 is 5.97 Å². The highest BCUT2D eigenvalue weighted by Crippen LogP contribution is 2.22. The van der Waals surface area contributed by atoms with Crippen LogP contribution in [0.15, 0.2) is 0 Å². The highest BCUT2D eigenvalue weighted by molar-refractivity contribution is 5.75. The van der Waals surface area contributed by atoms with Gasteiger partial charge in [0.2, 0.25) is 0 Å². The average molecular weight is 229 g/mol. The zero-order valence-electron chi connectivity index (χ0n) is 10.5. The molecule has 3 atom stereocenters. The molecule has 0 bridgehead atoms. The molecule has 0 spiro atoms. The Morgan fingerprint density at radius 3 is 2.94 bits per heavy atom. The number of ether oxygens (including phenoxy) is 2. The Labute approximate surface area is 97.7 Å². The molecule has 0 aromatic carbocycles. The lowest BCUT2D eigenvalue weighted by Crippen LogP contribution is -2.39. The summed E-state index contributed by atoms with van der Waals surface area (Å²) in [5.74, 6) is 0.358. The molecular weight excluding hydrogens is 206 g/mol. The summed E-state index contributed by atoms with van der Waals surface area (Å²) in [5.41, 5.74) is 0. The molecule has 0 amide bonds. The second-order valence-electron chi connectivity index (χ2n) is 4.25. The van der Waals surface area contributed by atoms with Crippen LogP contribution in [0.4, 0.5) is 0 Å². The molecule has 0 saturated carbocycles. The van der Waals surface area contributed by atoms with E-state index in [1.807, 2.05) is 13.8 Å². The molecule has 1 aliphatic heterocycles. The average Bonchev–Trinajstić information content (AvgIpc) is 2.73. The van der Waals surface area contributed by atoms with Crippen LogP contribution in [-0.2, 0) is 14.3 Å². The summed E-state index contributed by atoms with van der Waals surface area (Å²) in [6.07, 6.45) is 2.48. The lowest BCUT2D eigenvalue weighted by Gasteiger charge is -2.19. The summed E-state index contributed by atoms with van der Waals surface area (Å²) in [5, 5.41) is 3.22. The van der Waals surface area contributed by atoms with Crippen molar-refractivity contribution in [2.24, 2.45) is 5.92 Å². The Hall–Kier alpha value is -0.610. The number of rotatable bonds is 6. The van der Waals surface area contributed by atoms with Gasteiger partial charge in [-0.25, -0.2) is 0 Å². The lowest BCUT2D eigenvalue weighted by molar-refractivity contribution is -0.145. The predicted molar refractivity (Wildman–Crippen MR) is 62.2 cm³/mol. The summed E-state index contributed by atoms with van der Waals surface area (Å²) in [4.78, 5) is 11.4. The third kappa shape index (κ3) is 3.76. The van der Waals surface area contributed by atoms with Crippen LogP contribution in [0.3, 0.4) is 0 Å². The van der Waals surface area contributed by atoms with E-state index in [-0.39, 0.29) is 12.0 Å². The summed E-state index contributed by atoms with van der Waals surface area (Å²) < 4.78 is 10.5. The van der Waals surface area contributed by atoms with Crippen LogP contribution in [-0.4, -0.2) is 37.9 Å². The highest BCUT2D eigenvalue weighted by Gasteiger charge is 2.27. The fourth-order valence-corrected chi connectivity index (χ4v) is 2.06. The van der Waals surface area contributed by atoms with Crippen molar-refractivity contribution in [2.75, 3.05) is 19.8 Å². The van der Waals surface area contributed by atoms with Crippen molar-refractivity contribution in [2.45, 2.75) is 45.8 Å². The molecule has 16 heavy (non-hydrogen) atoms. The van der Waals surface area contributed by atoms with E-state index < -0.39 is 0 Å². The molecule has 1 rings (SSSR count). The molecule has 4 nitrogen and oxygen atoms in total. The van der Waals surface area contributed by atoms with Gasteiger partial charge in [0.25, 0.3) is 0 Å². The largest absolute Gasteiger partial charge is 0.465 e. The number of esters is 1. The first-order valence-corrected chi connectivity index (χ1v) is 6.20. The van der Waals surface area contributed by atoms with Gasteiger partial charge in [-0.05, 0) is 32.6 Å². The lowest BCUT2D eigenvalue weighted by atomic mass is 9.99. The van der Waals surface area contributed by atoms with Gasteiger partial charge in [-0.1, -0.05) is 6.92 Å². The topological polar surface area (TPSA) is 47.6 Å². The zero-order chi connectivity index (χ0) is 12.0. The van der Waals surface area contributed by atoms with Crippen molar-refractivity contribution in [1.29, 1.82) is 0 Å². The van der Waals surface area contributed by atoms with Gasteiger partial charge in [0.15, 0.2) is 0 Å². The number of carbonyl (C=O) groups is 1. The van der Waals surface area contributed by atoms with E-state index in [0.717, 1.165) is 26.0 Å². The first-order valence-electron chi connectivity index (χ1n) is 6.20. The van der Waals surface area contributed by atoms with E-state index >= 15 is 0 Å². The molecule has 1 saturated heterocycles. The van der Waals surface area contributed by atoms with Gasteiger partial charge < -0.3 is 14.8 Å². The second-order valence-corrected chi connectivity index (χ2v) is 4.25. The van der Waals surface area contributed by atoms with E-state index in [4.69, 9.17) is 9.47 Å². The van der Waals surface area contributed by atoms with E-state index in [2.05, 4.69) is 12.2 Å². The minimum absolute atomic E-state index is 0.172. The van der Waals surface area contributed by atoms with E-state index in [1.54, 1.807) is 0 Å². The number of nitrogens with one attached hydrogen (secondary N) is 1. The summed E-state index contributed by atoms with van der Waals surface area (Å²) in [7, 11) is 0. The summed E-state index contributed by atoms with van der Waals surface area (Å²) in [6, 6.07) is -0.224. The van der Waals surface area contributed by atoms with E-state index in [0.29, 0.717) is 18.6 Å². The van der Waals surface area contributed by atoms with Crippen LogP contribution in [0.1, 0.15) is 33.6 Å². The molecule has 1 aliphatic rings. The quantitative estimate of drug-likeness (QED) is 0.698. The Balaban J connectivity index is 2.25. The molecule has 4 heteroatoms. The Kier molecular flexibility index (Phi) is 5.77. The number of carbonyl (C=O) groups excluding carboxylic acids is 1. The van der Waals surface area contributed by atoms with E-state index in [1.165, 1.54) is 0 Å². The number of hydrogen-bond acceptors (Lipinski definition) is 4. The van der Waals surface area contributed by atoms with E-state index in [9.17, 15) is 4.79 Å². The fraction of sp³-hybridized carbons (Fsp3) is 0.917. The van der Waals surface area contributed by atoms with Crippen molar-refractivity contribution in [3.8, 4) is 0 Å². The standard InChI is InChI=1S/C12H23NO3/c1-4-11-10(6-7-16-11)8-13-9(3)12(14)15-5-2/h9-11,13H,4-8H2,1-3H3. The molecule has 0 radical (unpaired) electrons. The minimum atomic E-state index is -0.224. The van der Waals surface area contributed by atoms with Gasteiger partial charge in [-0.15, -0.1) is 0 Å². The van der Waals surface area contributed by atoms with Gasteiger partial charge in [0.05, 0.1) is 12.7 Å². The van der Waals surface area contributed by atoms with Crippen LogP contribution >= 0.6 is 0 Å². The SMILES string of the molecule is CCOC(=O)C(C)NCC1CCOC1CC. The smallest absolute Gasteiger partial charge is 0.322 e. The zero-order valence-corrected chi connectivity index (χ0v) is 10.5. The van der Waals surface area contributed by atoms with Gasteiger partial charge in [0, 0.05) is 13.2 Å². The molecular formula is C12H23NO3. The molecule has 0 aromatic heterocycles. The predicted octanol–water partition coefficient (Wildman–Crippen LogP) is 1.34. The first kappa shape index (κ1) is 13.5. The van der Waals surface area contributed by atoms with Gasteiger partial charge in [-0.2, -0.15) is 0 Å². The van der Waals surface area contributed by atoms with Crippen LogP contribution in [0.25, 0.3) is 0 Å². The normalized spacial score (nSPS) is 26.7. The van der Waals surface area contributed by atoms with Crippen molar-refractivity contribution in [3.05, 3.63) is 0 Å². The maximum Gasteiger partial charge on any atom is 0.322 e. The minimum Gasteiger partial charge on any atom is -0.465 e. The van der Waals surface area contributed by atoms with Crippen molar-refractivity contribution in [3.63, 3.8) is 0 Å². The molecule has 1 N–H and O–H groups in total. The van der Waals surface area contributed by atoms with Crippen molar-refractivity contribution in [1.82, 2.24) is 5.32 Å². The van der Waals surface area contributed by atoms with Crippen LogP contribution in [0.5, 0.6) is 0 Å². The van der Waals surface area contributed by atoms with Crippen molar-refractivity contribution >= 4 is 5.97 Å². The maximum absolute atomic E-state index is 11.4. The highest BCUT2D eigenvalue weighted by atomic mass is 16.5. The summed E-state index contributed by atoms with van der Waals surface area (Å²) >= 11 is 0. The summed E-state index contributed by atoms with van der Waals surface area (Å²) in [6.45, 7) is 7.92. The molecule has 1 fully saturated rings. The third-order valence-electron chi connectivity index (χ3n) is 3.08.